The minimum absolute atomic E-state index is 0.0683. The Morgan fingerprint density at radius 3 is 2.53 bits per heavy atom. The molecule has 0 atom stereocenters. The summed E-state index contributed by atoms with van der Waals surface area (Å²) in [5.74, 6) is 0.863. The first-order valence-corrected chi connectivity index (χ1v) is 7.60. The number of benzene rings is 1. The monoisotopic (exact) mass is 324 g/mol. The van der Waals surface area contributed by atoms with Gasteiger partial charge in [-0.25, -0.2) is 0 Å². The van der Waals surface area contributed by atoms with Gasteiger partial charge in [-0.1, -0.05) is 6.92 Å². The molecule has 2 N–H and O–H groups in total. The molecule has 0 aliphatic heterocycles. The van der Waals surface area contributed by atoms with Crippen molar-refractivity contribution in [2.75, 3.05) is 12.8 Å². The Balaban J connectivity index is 2.08. The fourth-order valence-electron chi connectivity index (χ4n) is 2.68. The number of carbonyl (C=O) groups excluding carboxylic acids is 1. The fraction of sp³-hybridized carbons (Fsp3) is 0.533. The number of rotatable bonds is 2. The minimum Gasteiger partial charge on any atom is -0.398 e. The highest BCUT2D eigenvalue weighted by atomic mass is 79.9. The van der Waals surface area contributed by atoms with E-state index in [4.69, 9.17) is 5.73 Å². The van der Waals surface area contributed by atoms with E-state index in [2.05, 4.69) is 22.9 Å². The van der Waals surface area contributed by atoms with Crippen molar-refractivity contribution in [2.45, 2.75) is 38.6 Å². The van der Waals surface area contributed by atoms with Gasteiger partial charge >= 0.3 is 0 Å². The molecule has 1 aliphatic rings. The van der Waals surface area contributed by atoms with Crippen molar-refractivity contribution in [3.05, 3.63) is 28.2 Å². The van der Waals surface area contributed by atoms with Crippen LogP contribution in [0.15, 0.2) is 22.7 Å². The first-order chi connectivity index (χ1) is 8.99. The molecule has 19 heavy (non-hydrogen) atoms. The van der Waals surface area contributed by atoms with Crippen molar-refractivity contribution in [3.63, 3.8) is 0 Å². The van der Waals surface area contributed by atoms with Gasteiger partial charge in [-0.05, 0) is 65.7 Å². The summed E-state index contributed by atoms with van der Waals surface area (Å²) in [6, 6.07) is 5.77. The minimum atomic E-state index is 0.0683. The van der Waals surface area contributed by atoms with Gasteiger partial charge in [0, 0.05) is 28.8 Å². The Morgan fingerprint density at radius 1 is 1.32 bits per heavy atom. The summed E-state index contributed by atoms with van der Waals surface area (Å²) in [5, 5.41) is 0. The molecular weight excluding hydrogens is 304 g/mol. The zero-order chi connectivity index (χ0) is 14.0. The van der Waals surface area contributed by atoms with Gasteiger partial charge in [-0.3, -0.25) is 4.79 Å². The molecule has 104 valence electrons. The van der Waals surface area contributed by atoms with Gasteiger partial charge in [0.2, 0.25) is 0 Å². The van der Waals surface area contributed by atoms with Crippen molar-refractivity contribution in [1.29, 1.82) is 0 Å². The molecule has 1 saturated carbocycles. The van der Waals surface area contributed by atoms with Gasteiger partial charge in [-0.15, -0.1) is 0 Å². The third kappa shape index (κ3) is 3.30. The largest absolute Gasteiger partial charge is 0.398 e. The summed E-state index contributed by atoms with van der Waals surface area (Å²) >= 11 is 3.35. The highest BCUT2D eigenvalue weighted by Crippen LogP contribution is 2.28. The number of halogens is 1. The van der Waals surface area contributed by atoms with Crippen LogP contribution in [0.3, 0.4) is 0 Å². The Kier molecular flexibility index (Phi) is 4.50. The van der Waals surface area contributed by atoms with Crippen LogP contribution in [0, 0.1) is 5.92 Å². The number of nitrogens with zero attached hydrogens (tertiary/aromatic N) is 1. The second kappa shape index (κ2) is 5.95. The van der Waals surface area contributed by atoms with Crippen LogP contribution in [0.2, 0.25) is 0 Å². The Bertz CT molecular complexity index is 467. The van der Waals surface area contributed by atoms with Crippen molar-refractivity contribution in [2.24, 2.45) is 5.92 Å². The molecule has 0 aromatic heterocycles. The second-order valence-corrected chi connectivity index (χ2v) is 6.42. The van der Waals surface area contributed by atoms with Crippen LogP contribution < -0.4 is 5.73 Å². The van der Waals surface area contributed by atoms with Crippen molar-refractivity contribution in [3.8, 4) is 0 Å². The van der Waals surface area contributed by atoms with Gasteiger partial charge in [0.15, 0.2) is 0 Å². The molecule has 0 saturated heterocycles. The van der Waals surface area contributed by atoms with Crippen LogP contribution in [0.25, 0.3) is 0 Å². The van der Waals surface area contributed by atoms with Crippen LogP contribution in [0.4, 0.5) is 5.69 Å². The molecule has 0 spiro atoms. The van der Waals surface area contributed by atoms with Gasteiger partial charge < -0.3 is 10.6 Å². The molecule has 1 fully saturated rings. The van der Waals surface area contributed by atoms with Crippen molar-refractivity contribution >= 4 is 27.5 Å². The molecule has 1 amide bonds. The molecule has 0 radical (unpaired) electrons. The zero-order valence-electron chi connectivity index (χ0n) is 11.5. The molecule has 0 unspecified atom stereocenters. The van der Waals surface area contributed by atoms with Gasteiger partial charge in [0.05, 0.1) is 0 Å². The average molecular weight is 325 g/mol. The number of nitrogen functional groups attached to an aromatic ring is 1. The lowest BCUT2D eigenvalue weighted by Crippen LogP contribution is -2.39. The maximum atomic E-state index is 12.4. The Morgan fingerprint density at radius 2 is 1.95 bits per heavy atom. The van der Waals surface area contributed by atoms with Crippen LogP contribution in [0.1, 0.15) is 43.0 Å². The summed E-state index contributed by atoms with van der Waals surface area (Å²) in [7, 11) is 1.90. The van der Waals surface area contributed by atoms with Crippen LogP contribution in [-0.4, -0.2) is 23.9 Å². The second-order valence-electron chi connectivity index (χ2n) is 5.57. The molecule has 1 aromatic rings. The number of carbonyl (C=O) groups is 1. The summed E-state index contributed by atoms with van der Waals surface area (Å²) in [4.78, 5) is 14.3. The smallest absolute Gasteiger partial charge is 0.253 e. The topological polar surface area (TPSA) is 46.3 Å². The summed E-state index contributed by atoms with van der Waals surface area (Å²) < 4.78 is 0.832. The summed E-state index contributed by atoms with van der Waals surface area (Å²) in [6.45, 7) is 2.29. The van der Waals surface area contributed by atoms with E-state index in [1.165, 1.54) is 12.8 Å². The molecule has 1 aliphatic carbocycles. The lowest BCUT2D eigenvalue weighted by Gasteiger charge is -2.33. The molecule has 3 nitrogen and oxygen atoms in total. The predicted molar refractivity (Wildman–Crippen MR) is 82.1 cm³/mol. The predicted octanol–water partition coefficient (Wildman–Crippen LogP) is 3.68. The maximum Gasteiger partial charge on any atom is 0.253 e. The number of amides is 1. The fourth-order valence-corrected chi connectivity index (χ4v) is 2.92. The van der Waals surface area contributed by atoms with Crippen LogP contribution >= 0.6 is 15.9 Å². The first kappa shape index (κ1) is 14.4. The molecule has 0 heterocycles. The van der Waals surface area contributed by atoms with Crippen molar-refractivity contribution < 1.29 is 4.79 Å². The zero-order valence-corrected chi connectivity index (χ0v) is 13.1. The lowest BCUT2D eigenvalue weighted by atomic mass is 9.86. The van der Waals surface area contributed by atoms with Gasteiger partial charge in [0.1, 0.15) is 0 Å². The number of hydrogen-bond acceptors (Lipinski definition) is 2. The number of nitrogens with two attached hydrogens (primary N) is 1. The van der Waals surface area contributed by atoms with E-state index in [0.717, 1.165) is 23.2 Å². The Hall–Kier alpha value is -1.03. The quantitative estimate of drug-likeness (QED) is 0.843. The third-order valence-electron chi connectivity index (χ3n) is 4.10. The highest BCUT2D eigenvalue weighted by molar-refractivity contribution is 9.10. The molecule has 4 heteroatoms. The number of hydrogen-bond donors (Lipinski definition) is 1. The molecule has 2 rings (SSSR count). The summed E-state index contributed by atoms with van der Waals surface area (Å²) in [6.07, 6.45) is 4.64. The SMILES string of the molecule is CC1CCC(N(C)C(=O)c2ccc(Br)c(N)c2)CC1. The van der Waals surface area contributed by atoms with Gasteiger partial charge in [0.25, 0.3) is 5.91 Å². The van der Waals surface area contributed by atoms with Crippen molar-refractivity contribution in [1.82, 2.24) is 4.90 Å². The molecule has 0 bridgehead atoms. The normalized spacial score (nSPS) is 23.1. The average Bonchev–Trinajstić information content (AvgIpc) is 2.41. The van der Waals surface area contributed by atoms with Crippen LogP contribution in [-0.2, 0) is 0 Å². The maximum absolute atomic E-state index is 12.4. The standard InChI is InChI=1S/C15H21BrN2O/c1-10-3-6-12(7-4-10)18(2)15(19)11-5-8-13(16)14(17)9-11/h5,8-10,12H,3-4,6-7,17H2,1-2H3. The Labute approximate surface area is 123 Å². The first-order valence-electron chi connectivity index (χ1n) is 6.81. The molecular formula is C15H21BrN2O. The van der Waals surface area contributed by atoms with E-state index in [-0.39, 0.29) is 5.91 Å². The highest BCUT2D eigenvalue weighted by Gasteiger charge is 2.25. The van der Waals surface area contributed by atoms with E-state index >= 15 is 0 Å². The van der Waals surface area contributed by atoms with E-state index < -0.39 is 0 Å². The summed E-state index contributed by atoms with van der Waals surface area (Å²) in [5.41, 5.74) is 7.11. The molecule has 1 aromatic carbocycles. The van der Waals surface area contributed by atoms with E-state index in [9.17, 15) is 4.79 Å². The number of anilines is 1. The van der Waals surface area contributed by atoms with E-state index in [0.29, 0.717) is 17.3 Å². The van der Waals surface area contributed by atoms with Gasteiger partial charge in [-0.2, -0.15) is 0 Å². The van der Waals surface area contributed by atoms with E-state index in [1.54, 1.807) is 6.07 Å². The van der Waals surface area contributed by atoms with Crippen LogP contribution in [0.5, 0.6) is 0 Å². The third-order valence-corrected chi connectivity index (χ3v) is 4.82. The lowest BCUT2D eigenvalue weighted by molar-refractivity contribution is 0.0679. The van der Waals surface area contributed by atoms with E-state index in [1.807, 2.05) is 24.1 Å².